The summed E-state index contributed by atoms with van der Waals surface area (Å²) in [7, 11) is 0. The van der Waals surface area contributed by atoms with Gasteiger partial charge in [-0.05, 0) is 24.6 Å². The van der Waals surface area contributed by atoms with Gasteiger partial charge in [-0.25, -0.2) is 4.79 Å². The lowest BCUT2D eigenvalue weighted by Crippen LogP contribution is -2.25. The standard InChI is InChI=1S/C9H11N2O3/c1-2-14-9(12)11(13)7-8-3-5-10-6-4-8/h3-6H,2,7H2,1H3/q-1. The number of amides is 1. The highest BCUT2D eigenvalue weighted by Crippen LogP contribution is 2.03. The summed E-state index contributed by atoms with van der Waals surface area (Å²) in [6, 6.07) is 3.34. The summed E-state index contributed by atoms with van der Waals surface area (Å²) < 4.78 is 4.53. The number of hydrogen-bond donors (Lipinski definition) is 0. The molecule has 0 saturated carbocycles. The maximum Gasteiger partial charge on any atom is 0.399 e. The van der Waals surface area contributed by atoms with Crippen molar-refractivity contribution in [3.8, 4) is 0 Å². The van der Waals surface area contributed by atoms with E-state index < -0.39 is 6.09 Å². The van der Waals surface area contributed by atoms with Crippen LogP contribution in [0.15, 0.2) is 24.5 Å². The van der Waals surface area contributed by atoms with Gasteiger partial charge in [-0.3, -0.25) is 4.98 Å². The van der Waals surface area contributed by atoms with Crippen LogP contribution in [0.5, 0.6) is 0 Å². The molecule has 0 aliphatic rings. The quantitative estimate of drug-likeness (QED) is 0.686. The molecule has 0 radical (unpaired) electrons. The van der Waals surface area contributed by atoms with Crippen LogP contribution in [0.3, 0.4) is 0 Å². The number of ether oxygens (including phenoxy) is 1. The van der Waals surface area contributed by atoms with Gasteiger partial charge < -0.3 is 15.0 Å². The second-order valence-electron chi connectivity index (χ2n) is 2.59. The molecule has 0 aliphatic heterocycles. The number of aromatic nitrogens is 1. The van der Waals surface area contributed by atoms with E-state index in [2.05, 4.69) is 9.72 Å². The largest absolute Gasteiger partial charge is 0.753 e. The van der Waals surface area contributed by atoms with Gasteiger partial charge >= 0.3 is 6.09 Å². The lowest BCUT2D eigenvalue weighted by molar-refractivity contribution is 0.120. The Hall–Kier alpha value is -1.62. The molecule has 1 amide bonds. The van der Waals surface area contributed by atoms with Crippen molar-refractivity contribution in [1.29, 1.82) is 0 Å². The summed E-state index contributed by atoms with van der Waals surface area (Å²) >= 11 is 0. The van der Waals surface area contributed by atoms with Crippen LogP contribution in [0.1, 0.15) is 12.5 Å². The molecule has 0 aliphatic carbocycles. The SMILES string of the molecule is CCOC(=O)N([O-])Cc1ccncc1. The fourth-order valence-corrected chi connectivity index (χ4v) is 0.914. The topological polar surface area (TPSA) is 65.5 Å². The highest BCUT2D eigenvalue weighted by molar-refractivity contribution is 5.67. The molecule has 0 aromatic carbocycles. The molecule has 5 nitrogen and oxygen atoms in total. The van der Waals surface area contributed by atoms with Crippen LogP contribution in [0.25, 0.3) is 0 Å². The molecule has 1 aromatic rings. The van der Waals surface area contributed by atoms with Gasteiger partial charge in [0.05, 0.1) is 6.61 Å². The van der Waals surface area contributed by atoms with Crippen LogP contribution < -0.4 is 0 Å². The summed E-state index contributed by atoms with van der Waals surface area (Å²) in [5.74, 6) is 0. The van der Waals surface area contributed by atoms with E-state index in [4.69, 9.17) is 0 Å². The van der Waals surface area contributed by atoms with Crippen LogP contribution in [-0.4, -0.2) is 22.7 Å². The van der Waals surface area contributed by atoms with E-state index in [0.717, 1.165) is 5.56 Å². The summed E-state index contributed by atoms with van der Waals surface area (Å²) in [6.07, 6.45) is 2.27. The third kappa shape index (κ3) is 3.02. The number of hydroxylamine groups is 2. The van der Waals surface area contributed by atoms with Gasteiger partial charge in [0.1, 0.15) is 0 Å². The molecule has 0 bridgehead atoms. The number of hydrogen-bond acceptors (Lipinski definition) is 4. The first-order valence-corrected chi connectivity index (χ1v) is 4.24. The first-order chi connectivity index (χ1) is 6.74. The van der Waals surface area contributed by atoms with Gasteiger partial charge in [0.15, 0.2) is 0 Å². The second-order valence-corrected chi connectivity index (χ2v) is 2.59. The molecular weight excluding hydrogens is 184 g/mol. The molecule has 0 unspecified atom stereocenters. The van der Waals surface area contributed by atoms with Crippen molar-refractivity contribution < 1.29 is 9.53 Å². The normalized spacial score (nSPS) is 9.57. The first-order valence-electron chi connectivity index (χ1n) is 4.24. The number of carbonyl (C=O) groups is 1. The molecule has 0 saturated heterocycles. The highest BCUT2D eigenvalue weighted by atomic mass is 16.6. The predicted molar refractivity (Wildman–Crippen MR) is 50.2 cm³/mol. The highest BCUT2D eigenvalue weighted by Gasteiger charge is 2.03. The van der Waals surface area contributed by atoms with Crippen LogP contribution in [-0.2, 0) is 11.3 Å². The Kier molecular flexibility index (Phi) is 3.87. The Balaban J connectivity index is 2.49. The van der Waals surface area contributed by atoms with Crippen molar-refractivity contribution in [3.05, 3.63) is 35.3 Å². The molecular formula is C9H11N2O3-. The van der Waals surface area contributed by atoms with Gasteiger partial charge in [-0.2, -0.15) is 0 Å². The molecule has 14 heavy (non-hydrogen) atoms. The zero-order valence-electron chi connectivity index (χ0n) is 7.84. The van der Waals surface area contributed by atoms with E-state index in [9.17, 15) is 10.0 Å². The minimum absolute atomic E-state index is 0.0125. The second kappa shape index (κ2) is 5.18. The minimum Gasteiger partial charge on any atom is -0.753 e. The van der Waals surface area contributed by atoms with E-state index in [0.29, 0.717) is 0 Å². The average molecular weight is 195 g/mol. The van der Waals surface area contributed by atoms with E-state index in [1.54, 1.807) is 31.5 Å². The third-order valence-corrected chi connectivity index (χ3v) is 1.55. The maximum absolute atomic E-state index is 11.1. The predicted octanol–water partition coefficient (Wildman–Crippen LogP) is 1.54. The molecule has 5 heteroatoms. The molecule has 0 N–H and O–H groups in total. The number of carbonyl (C=O) groups excluding carboxylic acids is 1. The minimum atomic E-state index is -0.857. The van der Waals surface area contributed by atoms with Crippen LogP contribution >= 0.6 is 0 Å². The van der Waals surface area contributed by atoms with Crippen molar-refractivity contribution in [2.75, 3.05) is 6.61 Å². The summed E-state index contributed by atoms with van der Waals surface area (Å²) in [4.78, 5) is 14.7. The summed E-state index contributed by atoms with van der Waals surface area (Å²) in [6.45, 7) is 1.84. The Morgan fingerprint density at radius 2 is 2.21 bits per heavy atom. The van der Waals surface area contributed by atoms with E-state index in [-0.39, 0.29) is 18.2 Å². The van der Waals surface area contributed by atoms with Gasteiger partial charge in [0, 0.05) is 18.9 Å². The third-order valence-electron chi connectivity index (χ3n) is 1.55. The zero-order chi connectivity index (χ0) is 10.4. The van der Waals surface area contributed by atoms with E-state index in [1.165, 1.54) is 0 Å². The summed E-state index contributed by atoms with van der Waals surface area (Å²) in [5, 5.41) is 11.4. The monoisotopic (exact) mass is 195 g/mol. The number of pyridine rings is 1. The molecule has 1 heterocycles. The van der Waals surface area contributed by atoms with Crippen molar-refractivity contribution >= 4 is 6.09 Å². The molecule has 0 fully saturated rings. The fraction of sp³-hybridized carbons (Fsp3) is 0.333. The van der Waals surface area contributed by atoms with Crippen molar-refractivity contribution in [2.24, 2.45) is 0 Å². The Morgan fingerprint density at radius 1 is 1.57 bits per heavy atom. The fourth-order valence-electron chi connectivity index (χ4n) is 0.914. The molecule has 76 valence electrons. The maximum atomic E-state index is 11.1. The van der Waals surface area contributed by atoms with Crippen LogP contribution in [0.4, 0.5) is 4.79 Å². The van der Waals surface area contributed by atoms with Crippen LogP contribution in [0, 0.1) is 5.21 Å². The van der Waals surface area contributed by atoms with Gasteiger partial charge in [-0.15, -0.1) is 0 Å². The van der Waals surface area contributed by atoms with Crippen molar-refractivity contribution in [3.63, 3.8) is 0 Å². The van der Waals surface area contributed by atoms with Gasteiger partial charge in [0.25, 0.3) is 0 Å². The van der Waals surface area contributed by atoms with Gasteiger partial charge in [-0.1, -0.05) is 0 Å². The lowest BCUT2D eigenvalue weighted by atomic mass is 10.3. The molecule has 1 aromatic heterocycles. The Labute approximate surface area is 81.9 Å². The van der Waals surface area contributed by atoms with Crippen molar-refractivity contribution in [1.82, 2.24) is 10.0 Å². The van der Waals surface area contributed by atoms with E-state index in [1.807, 2.05) is 0 Å². The number of nitrogens with zero attached hydrogens (tertiary/aromatic N) is 2. The molecule has 1 rings (SSSR count). The van der Waals surface area contributed by atoms with E-state index >= 15 is 0 Å². The van der Waals surface area contributed by atoms with Crippen molar-refractivity contribution in [2.45, 2.75) is 13.5 Å². The Bertz CT molecular complexity index is 289. The first kappa shape index (κ1) is 10.5. The Morgan fingerprint density at radius 3 is 2.79 bits per heavy atom. The van der Waals surface area contributed by atoms with Crippen LogP contribution in [0.2, 0.25) is 0 Å². The average Bonchev–Trinajstić information content (AvgIpc) is 2.19. The van der Waals surface area contributed by atoms with Gasteiger partial charge in [0.2, 0.25) is 0 Å². The summed E-state index contributed by atoms with van der Waals surface area (Å²) in [5.41, 5.74) is 0.725. The molecule has 0 atom stereocenters. The number of rotatable bonds is 3. The smallest absolute Gasteiger partial charge is 0.399 e. The lowest BCUT2D eigenvalue weighted by Gasteiger charge is -2.26. The zero-order valence-corrected chi connectivity index (χ0v) is 7.84. The molecule has 0 spiro atoms.